The summed E-state index contributed by atoms with van der Waals surface area (Å²) >= 11 is 0. The van der Waals surface area contributed by atoms with Gasteiger partial charge >= 0.3 is 0 Å². The molecule has 1 saturated carbocycles. The molecule has 0 bridgehead atoms. The quantitative estimate of drug-likeness (QED) is 0.878. The predicted molar refractivity (Wildman–Crippen MR) is 85.4 cm³/mol. The maximum absolute atomic E-state index is 12.4. The predicted octanol–water partition coefficient (Wildman–Crippen LogP) is 2.81. The molecule has 3 N–H and O–H groups in total. The highest BCUT2D eigenvalue weighted by Crippen LogP contribution is 2.29. The third kappa shape index (κ3) is 4.28. The van der Waals surface area contributed by atoms with E-state index in [2.05, 4.69) is 11.6 Å². The van der Waals surface area contributed by atoms with E-state index < -0.39 is 10.0 Å². The van der Waals surface area contributed by atoms with E-state index in [9.17, 15) is 8.42 Å². The number of sulfonamides is 1. The molecule has 0 aliphatic heterocycles. The third-order valence-corrected chi connectivity index (χ3v) is 5.94. The van der Waals surface area contributed by atoms with Crippen molar-refractivity contribution < 1.29 is 8.42 Å². The average molecular weight is 310 g/mol. The van der Waals surface area contributed by atoms with E-state index in [1.807, 2.05) is 13.0 Å². The maximum Gasteiger partial charge on any atom is 0.240 e. The summed E-state index contributed by atoms with van der Waals surface area (Å²) in [5.41, 5.74) is 6.66. The Kier molecular flexibility index (Phi) is 5.41. The fraction of sp³-hybridized carbons (Fsp3) is 0.625. The van der Waals surface area contributed by atoms with Crippen molar-refractivity contribution in [3.63, 3.8) is 0 Å². The number of hydrogen-bond donors (Lipinski definition) is 2. The highest BCUT2D eigenvalue weighted by atomic mass is 32.2. The van der Waals surface area contributed by atoms with Crippen LogP contribution in [0.5, 0.6) is 0 Å². The van der Waals surface area contributed by atoms with Crippen LogP contribution in [0, 0.1) is 11.8 Å². The van der Waals surface area contributed by atoms with Gasteiger partial charge in [-0.1, -0.05) is 38.3 Å². The molecule has 3 atom stereocenters. The SMILES string of the molecule is CC(N)c1cccc(S(=O)(=O)NCC2CCCCC2C)c1. The molecule has 0 saturated heterocycles. The monoisotopic (exact) mass is 310 g/mol. The molecule has 1 aromatic rings. The van der Waals surface area contributed by atoms with E-state index in [-0.39, 0.29) is 6.04 Å². The summed E-state index contributed by atoms with van der Waals surface area (Å²) in [5, 5.41) is 0. The minimum Gasteiger partial charge on any atom is -0.324 e. The molecule has 5 heteroatoms. The molecule has 1 aromatic carbocycles. The largest absolute Gasteiger partial charge is 0.324 e. The molecule has 1 aliphatic rings. The van der Waals surface area contributed by atoms with Crippen LogP contribution in [0.25, 0.3) is 0 Å². The second-order valence-electron chi connectivity index (χ2n) is 6.23. The first-order valence-electron chi connectivity index (χ1n) is 7.75. The Hall–Kier alpha value is -0.910. The fourth-order valence-electron chi connectivity index (χ4n) is 2.96. The van der Waals surface area contributed by atoms with Gasteiger partial charge < -0.3 is 5.73 Å². The molecule has 0 heterocycles. The van der Waals surface area contributed by atoms with Crippen LogP contribution >= 0.6 is 0 Å². The maximum atomic E-state index is 12.4. The Balaban J connectivity index is 2.06. The fourth-order valence-corrected chi connectivity index (χ4v) is 4.11. The van der Waals surface area contributed by atoms with Crippen molar-refractivity contribution in [3.05, 3.63) is 29.8 Å². The van der Waals surface area contributed by atoms with Gasteiger partial charge in [-0.2, -0.15) is 0 Å². The van der Waals surface area contributed by atoms with Crippen molar-refractivity contribution >= 4 is 10.0 Å². The van der Waals surface area contributed by atoms with Crippen LogP contribution in [0.15, 0.2) is 29.2 Å². The molecule has 1 fully saturated rings. The van der Waals surface area contributed by atoms with Gasteiger partial charge in [-0.25, -0.2) is 13.1 Å². The lowest BCUT2D eigenvalue weighted by Gasteiger charge is -2.28. The van der Waals surface area contributed by atoms with Crippen LogP contribution in [0.1, 0.15) is 51.1 Å². The minimum absolute atomic E-state index is 0.168. The smallest absolute Gasteiger partial charge is 0.240 e. The first-order valence-corrected chi connectivity index (χ1v) is 9.23. The lowest BCUT2D eigenvalue weighted by molar-refractivity contribution is 0.257. The number of benzene rings is 1. The third-order valence-electron chi connectivity index (χ3n) is 4.52. The minimum atomic E-state index is -3.44. The zero-order valence-electron chi connectivity index (χ0n) is 12.9. The second kappa shape index (κ2) is 6.90. The Morgan fingerprint density at radius 1 is 1.33 bits per heavy atom. The Bertz CT molecular complexity index is 569. The Morgan fingerprint density at radius 2 is 2.05 bits per heavy atom. The summed E-state index contributed by atoms with van der Waals surface area (Å²) in [5.74, 6) is 1.04. The lowest BCUT2D eigenvalue weighted by atomic mass is 9.81. The van der Waals surface area contributed by atoms with Crippen LogP contribution in [-0.2, 0) is 10.0 Å². The van der Waals surface area contributed by atoms with E-state index in [1.165, 1.54) is 19.3 Å². The molecule has 118 valence electrons. The summed E-state index contributed by atoms with van der Waals surface area (Å²) in [6.07, 6.45) is 4.79. The molecule has 1 aliphatic carbocycles. The summed E-state index contributed by atoms with van der Waals surface area (Å²) in [7, 11) is -3.44. The van der Waals surface area contributed by atoms with Crippen molar-refractivity contribution in [2.24, 2.45) is 17.6 Å². The summed E-state index contributed by atoms with van der Waals surface area (Å²) < 4.78 is 27.6. The van der Waals surface area contributed by atoms with E-state index in [0.717, 1.165) is 12.0 Å². The zero-order chi connectivity index (χ0) is 15.5. The van der Waals surface area contributed by atoms with Crippen molar-refractivity contribution in [1.82, 2.24) is 4.72 Å². The molecular weight excluding hydrogens is 284 g/mol. The van der Waals surface area contributed by atoms with Crippen LogP contribution in [0.2, 0.25) is 0 Å². The van der Waals surface area contributed by atoms with Crippen molar-refractivity contribution in [2.75, 3.05) is 6.54 Å². The van der Waals surface area contributed by atoms with E-state index in [4.69, 9.17) is 5.73 Å². The van der Waals surface area contributed by atoms with Gasteiger partial charge in [0.2, 0.25) is 10.0 Å². The number of hydrogen-bond acceptors (Lipinski definition) is 3. The molecule has 3 unspecified atom stereocenters. The lowest BCUT2D eigenvalue weighted by Crippen LogP contribution is -2.33. The Morgan fingerprint density at radius 3 is 2.71 bits per heavy atom. The molecule has 21 heavy (non-hydrogen) atoms. The number of nitrogens with one attached hydrogen (secondary N) is 1. The van der Waals surface area contributed by atoms with Crippen LogP contribution in [0.4, 0.5) is 0 Å². The van der Waals surface area contributed by atoms with Crippen LogP contribution in [0.3, 0.4) is 0 Å². The van der Waals surface area contributed by atoms with Crippen molar-refractivity contribution in [3.8, 4) is 0 Å². The molecule has 2 rings (SSSR count). The summed E-state index contributed by atoms with van der Waals surface area (Å²) in [4.78, 5) is 0.306. The van der Waals surface area contributed by atoms with Gasteiger partial charge in [0, 0.05) is 12.6 Å². The highest BCUT2D eigenvalue weighted by Gasteiger charge is 2.23. The van der Waals surface area contributed by atoms with Gasteiger partial charge in [-0.3, -0.25) is 0 Å². The van der Waals surface area contributed by atoms with Crippen molar-refractivity contribution in [1.29, 1.82) is 0 Å². The second-order valence-corrected chi connectivity index (χ2v) is 8.00. The first-order chi connectivity index (χ1) is 9.90. The van der Waals surface area contributed by atoms with Gasteiger partial charge in [0.05, 0.1) is 4.90 Å². The van der Waals surface area contributed by atoms with Gasteiger partial charge in [0.15, 0.2) is 0 Å². The number of rotatable bonds is 5. The molecule has 0 amide bonds. The van der Waals surface area contributed by atoms with Crippen LogP contribution < -0.4 is 10.5 Å². The van der Waals surface area contributed by atoms with E-state index in [1.54, 1.807) is 18.2 Å². The van der Waals surface area contributed by atoms with E-state index >= 15 is 0 Å². The van der Waals surface area contributed by atoms with Crippen LogP contribution in [-0.4, -0.2) is 15.0 Å². The summed E-state index contributed by atoms with van der Waals surface area (Å²) in [6, 6.07) is 6.72. The highest BCUT2D eigenvalue weighted by molar-refractivity contribution is 7.89. The van der Waals surface area contributed by atoms with Crippen molar-refractivity contribution in [2.45, 2.75) is 50.5 Å². The topological polar surface area (TPSA) is 72.2 Å². The molecular formula is C16H26N2O2S. The first kappa shape index (κ1) is 16.5. The standard InChI is InChI=1S/C16H26N2O2S/c1-12-6-3-4-7-15(12)11-18-21(19,20)16-9-5-8-14(10-16)13(2)17/h5,8-10,12-13,15,18H,3-4,6-7,11,17H2,1-2H3. The molecule has 0 spiro atoms. The van der Waals surface area contributed by atoms with E-state index in [0.29, 0.717) is 23.3 Å². The van der Waals surface area contributed by atoms with Gasteiger partial charge in [-0.05, 0) is 42.9 Å². The van der Waals surface area contributed by atoms with Gasteiger partial charge in [-0.15, -0.1) is 0 Å². The molecule has 0 radical (unpaired) electrons. The zero-order valence-corrected chi connectivity index (χ0v) is 13.7. The normalized spacial score (nSPS) is 24.7. The number of nitrogens with two attached hydrogens (primary N) is 1. The van der Waals surface area contributed by atoms with Gasteiger partial charge in [0.1, 0.15) is 0 Å². The molecule has 4 nitrogen and oxygen atoms in total. The molecule has 0 aromatic heterocycles. The van der Waals surface area contributed by atoms with Gasteiger partial charge in [0.25, 0.3) is 0 Å². The average Bonchev–Trinajstić information content (AvgIpc) is 2.46. The summed E-state index contributed by atoms with van der Waals surface area (Å²) in [6.45, 7) is 4.60. The Labute approximate surface area is 128 Å².